The van der Waals surface area contributed by atoms with Gasteiger partial charge in [0.25, 0.3) is 0 Å². The van der Waals surface area contributed by atoms with Gasteiger partial charge in [-0.15, -0.1) is 4.91 Å². The van der Waals surface area contributed by atoms with Gasteiger partial charge in [-0.05, 0) is 37.0 Å². The van der Waals surface area contributed by atoms with E-state index in [0.29, 0.717) is 30.0 Å². The minimum absolute atomic E-state index is 0.000795. The van der Waals surface area contributed by atoms with Gasteiger partial charge in [-0.2, -0.15) is 0 Å². The standard InChI is InChI=1S/C19H20N2O5/c1-3-5-26-18-7-11-6-12(4-2)21-10-14(19(24)20-25)16(22)9-15(21)13(11)8-17(18)23/h7-10,12,23H,3-6H2,1-2H3. The van der Waals surface area contributed by atoms with Crippen molar-refractivity contribution in [3.8, 4) is 22.8 Å². The summed E-state index contributed by atoms with van der Waals surface area (Å²) in [5, 5.41) is 12.6. The summed E-state index contributed by atoms with van der Waals surface area (Å²) < 4.78 is 7.40. The summed E-state index contributed by atoms with van der Waals surface area (Å²) in [7, 11) is 0. The molecule has 3 rings (SSSR count). The normalized spacial score (nSPS) is 15.1. The lowest BCUT2D eigenvalue weighted by Gasteiger charge is -2.30. The first kappa shape index (κ1) is 17.8. The van der Waals surface area contributed by atoms with Gasteiger partial charge < -0.3 is 14.4 Å². The number of fused-ring (bicyclic) bond motifs is 3. The van der Waals surface area contributed by atoms with E-state index in [1.54, 1.807) is 6.07 Å². The molecule has 1 amide bonds. The number of carbonyl (C=O) groups excluding carboxylic acids is 1. The molecule has 1 aromatic heterocycles. The fourth-order valence-electron chi connectivity index (χ4n) is 3.32. The summed E-state index contributed by atoms with van der Waals surface area (Å²) in [6.07, 6.45) is 3.65. The first-order chi connectivity index (χ1) is 12.5. The number of amides is 1. The Labute approximate surface area is 150 Å². The van der Waals surface area contributed by atoms with Crippen LogP contribution in [0, 0.1) is 4.91 Å². The molecule has 0 saturated heterocycles. The molecule has 1 N–H and O–H groups in total. The third-order valence-corrected chi connectivity index (χ3v) is 4.64. The molecular weight excluding hydrogens is 336 g/mol. The molecule has 0 saturated carbocycles. The number of ether oxygens (including phenoxy) is 1. The Hall–Kier alpha value is -2.96. The van der Waals surface area contributed by atoms with Gasteiger partial charge >= 0.3 is 5.91 Å². The lowest BCUT2D eigenvalue weighted by molar-refractivity contribution is 0.0999. The van der Waals surface area contributed by atoms with Crippen molar-refractivity contribution in [1.82, 2.24) is 4.57 Å². The van der Waals surface area contributed by atoms with E-state index in [0.717, 1.165) is 18.4 Å². The van der Waals surface area contributed by atoms with Crippen LogP contribution in [-0.4, -0.2) is 22.2 Å². The summed E-state index contributed by atoms with van der Waals surface area (Å²) in [4.78, 5) is 34.4. The van der Waals surface area contributed by atoms with Gasteiger partial charge in [0.15, 0.2) is 16.9 Å². The predicted molar refractivity (Wildman–Crippen MR) is 96.7 cm³/mol. The summed E-state index contributed by atoms with van der Waals surface area (Å²) in [6, 6.07) is 4.73. The van der Waals surface area contributed by atoms with Crippen LogP contribution in [0.15, 0.2) is 34.4 Å². The number of pyridine rings is 1. The number of hydrogen-bond donors (Lipinski definition) is 1. The van der Waals surface area contributed by atoms with Crippen molar-refractivity contribution in [1.29, 1.82) is 0 Å². The molecule has 0 fully saturated rings. The van der Waals surface area contributed by atoms with E-state index < -0.39 is 11.3 Å². The zero-order chi connectivity index (χ0) is 18.8. The van der Waals surface area contributed by atoms with Crippen LogP contribution in [0.4, 0.5) is 0 Å². The van der Waals surface area contributed by atoms with Crippen molar-refractivity contribution in [2.45, 2.75) is 39.2 Å². The molecule has 7 nitrogen and oxygen atoms in total. The van der Waals surface area contributed by atoms with Crippen LogP contribution in [0.1, 0.15) is 48.7 Å². The number of aromatic nitrogens is 1. The first-order valence-electron chi connectivity index (χ1n) is 8.63. The average Bonchev–Trinajstić information content (AvgIpc) is 2.65. The molecule has 7 heteroatoms. The quantitative estimate of drug-likeness (QED) is 0.828. The molecule has 2 heterocycles. The van der Waals surface area contributed by atoms with Crippen molar-refractivity contribution in [2.24, 2.45) is 5.18 Å². The lowest BCUT2D eigenvalue weighted by atomic mass is 9.90. The van der Waals surface area contributed by atoms with E-state index >= 15 is 0 Å². The highest BCUT2D eigenvalue weighted by atomic mass is 16.5. The lowest BCUT2D eigenvalue weighted by Crippen LogP contribution is -2.25. The second-order valence-electron chi connectivity index (χ2n) is 6.33. The number of nitrogens with zero attached hydrogens (tertiary/aromatic N) is 2. The van der Waals surface area contributed by atoms with Crippen molar-refractivity contribution in [3.63, 3.8) is 0 Å². The number of phenolic OH excluding ortho intramolecular Hbond substituents is 1. The number of carbonyl (C=O) groups is 1. The topological polar surface area (TPSA) is 98.0 Å². The SMILES string of the molecule is CCCOc1cc2c(cc1O)-c1cc(=O)c(C(=O)N=O)cn1C(CC)C2. The van der Waals surface area contributed by atoms with Crippen molar-refractivity contribution in [3.05, 3.63) is 50.7 Å². The van der Waals surface area contributed by atoms with E-state index in [1.165, 1.54) is 12.3 Å². The number of nitroso groups, excluding NO2 is 1. The van der Waals surface area contributed by atoms with Crippen LogP contribution in [-0.2, 0) is 6.42 Å². The summed E-state index contributed by atoms with van der Waals surface area (Å²) in [5.74, 6) is -0.647. The van der Waals surface area contributed by atoms with Gasteiger partial charge in [-0.1, -0.05) is 13.8 Å². The Balaban J connectivity index is 2.18. The second-order valence-corrected chi connectivity index (χ2v) is 6.33. The average molecular weight is 356 g/mol. The van der Waals surface area contributed by atoms with Crippen LogP contribution in [0.3, 0.4) is 0 Å². The fraction of sp³-hybridized carbons (Fsp3) is 0.368. The number of hydrogen-bond acceptors (Lipinski definition) is 5. The number of phenols is 1. The highest BCUT2D eigenvalue weighted by Gasteiger charge is 2.26. The smallest absolute Gasteiger partial charge is 0.322 e. The zero-order valence-corrected chi connectivity index (χ0v) is 14.7. The molecule has 0 bridgehead atoms. The maximum absolute atomic E-state index is 12.3. The monoisotopic (exact) mass is 356 g/mol. The first-order valence-corrected chi connectivity index (χ1v) is 8.63. The minimum atomic E-state index is -1.07. The Morgan fingerprint density at radius 1 is 1.35 bits per heavy atom. The van der Waals surface area contributed by atoms with E-state index in [1.807, 2.05) is 24.5 Å². The van der Waals surface area contributed by atoms with Crippen LogP contribution in [0.5, 0.6) is 11.5 Å². The summed E-state index contributed by atoms with van der Waals surface area (Å²) >= 11 is 0. The third kappa shape index (κ3) is 3.00. The Bertz CT molecular complexity index is 932. The molecule has 2 aromatic rings. The third-order valence-electron chi connectivity index (χ3n) is 4.64. The molecule has 136 valence electrons. The number of aromatic hydroxyl groups is 1. The van der Waals surface area contributed by atoms with Gasteiger partial charge in [-0.3, -0.25) is 9.59 Å². The zero-order valence-electron chi connectivity index (χ0n) is 14.7. The summed E-state index contributed by atoms with van der Waals surface area (Å²) in [6.45, 7) is 4.49. The van der Waals surface area contributed by atoms with Crippen molar-refractivity contribution in [2.75, 3.05) is 6.61 Å². The molecule has 1 aromatic carbocycles. The maximum atomic E-state index is 12.3. The largest absolute Gasteiger partial charge is 0.504 e. The molecule has 26 heavy (non-hydrogen) atoms. The summed E-state index contributed by atoms with van der Waals surface area (Å²) in [5.41, 5.74) is 1.48. The van der Waals surface area contributed by atoms with E-state index in [2.05, 4.69) is 5.18 Å². The van der Waals surface area contributed by atoms with Crippen molar-refractivity contribution < 1.29 is 14.6 Å². The van der Waals surface area contributed by atoms with Gasteiger partial charge in [0, 0.05) is 29.0 Å². The second kappa shape index (κ2) is 7.11. The van der Waals surface area contributed by atoms with Gasteiger partial charge in [0.2, 0.25) is 0 Å². The number of rotatable bonds is 5. The Morgan fingerprint density at radius 3 is 2.77 bits per heavy atom. The Morgan fingerprint density at radius 2 is 2.12 bits per heavy atom. The maximum Gasteiger partial charge on any atom is 0.322 e. The fourth-order valence-corrected chi connectivity index (χ4v) is 3.32. The van der Waals surface area contributed by atoms with Gasteiger partial charge in [0.05, 0.1) is 12.3 Å². The van der Waals surface area contributed by atoms with E-state index in [-0.39, 0.29) is 17.4 Å². The molecule has 0 spiro atoms. The number of benzene rings is 1. The minimum Gasteiger partial charge on any atom is -0.504 e. The van der Waals surface area contributed by atoms with Crippen LogP contribution < -0.4 is 10.2 Å². The van der Waals surface area contributed by atoms with Crippen LogP contribution in [0.25, 0.3) is 11.3 Å². The van der Waals surface area contributed by atoms with Crippen LogP contribution >= 0.6 is 0 Å². The molecule has 1 atom stereocenters. The molecule has 0 aliphatic carbocycles. The molecule has 1 aliphatic heterocycles. The van der Waals surface area contributed by atoms with Crippen LogP contribution in [0.2, 0.25) is 0 Å². The predicted octanol–water partition coefficient (Wildman–Crippen LogP) is 3.42. The Kier molecular flexibility index (Phi) is 4.88. The molecule has 1 unspecified atom stereocenters. The molecular formula is C19H20N2O5. The highest BCUT2D eigenvalue weighted by molar-refractivity contribution is 5.94. The highest BCUT2D eigenvalue weighted by Crippen LogP contribution is 2.41. The van der Waals surface area contributed by atoms with Gasteiger partial charge in [-0.25, -0.2) is 0 Å². The molecule has 0 radical (unpaired) electrons. The van der Waals surface area contributed by atoms with Crippen molar-refractivity contribution >= 4 is 5.91 Å². The van der Waals surface area contributed by atoms with Gasteiger partial charge in [0.1, 0.15) is 5.56 Å². The molecule has 1 aliphatic rings. The van der Waals surface area contributed by atoms with E-state index in [9.17, 15) is 19.6 Å². The van der Waals surface area contributed by atoms with E-state index in [4.69, 9.17) is 4.74 Å².